The van der Waals surface area contributed by atoms with Gasteiger partial charge in [-0.3, -0.25) is 4.90 Å². The van der Waals surface area contributed by atoms with Gasteiger partial charge < -0.3 is 19.7 Å². The standard InChI is InChI=1S/C13H23NO5/c1-12(2,3)19-11(17)14-8-9(15)10(16)13(14)4-6-18-7-5-13/h9-10,15-16H,4-8H2,1-3H3. The van der Waals surface area contributed by atoms with Gasteiger partial charge in [0.15, 0.2) is 0 Å². The van der Waals surface area contributed by atoms with Gasteiger partial charge in [-0.15, -0.1) is 0 Å². The molecule has 2 aliphatic rings. The Hall–Kier alpha value is -0.850. The van der Waals surface area contributed by atoms with Crippen LogP contribution in [0.3, 0.4) is 0 Å². The number of carbonyl (C=O) groups is 1. The fourth-order valence-corrected chi connectivity index (χ4v) is 2.85. The van der Waals surface area contributed by atoms with Gasteiger partial charge in [0.05, 0.1) is 18.2 Å². The molecule has 0 aromatic carbocycles. The van der Waals surface area contributed by atoms with Gasteiger partial charge in [0, 0.05) is 13.2 Å². The van der Waals surface area contributed by atoms with Crippen LogP contribution >= 0.6 is 0 Å². The number of ether oxygens (including phenoxy) is 2. The average Bonchev–Trinajstić information content (AvgIpc) is 2.54. The van der Waals surface area contributed by atoms with Gasteiger partial charge >= 0.3 is 6.09 Å². The van der Waals surface area contributed by atoms with Gasteiger partial charge in [0.2, 0.25) is 0 Å². The van der Waals surface area contributed by atoms with E-state index in [1.165, 1.54) is 4.90 Å². The fraction of sp³-hybridized carbons (Fsp3) is 0.923. The normalized spacial score (nSPS) is 30.7. The van der Waals surface area contributed by atoms with Crippen LogP contribution in [0, 0.1) is 0 Å². The first kappa shape index (κ1) is 14.6. The Balaban J connectivity index is 2.20. The lowest BCUT2D eigenvalue weighted by Crippen LogP contribution is -2.57. The third kappa shape index (κ3) is 2.70. The summed E-state index contributed by atoms with van der Waals surface area (Å²) in [6, 6.07) is 0. The van der Waals surface area contributed by atoms with Crippen LogP contribution in [0.1, 0.15) is 33.6 Å². The smallest absolute Gasteiger partial charge is 0.410 e. The Morgan fingerprint density at radius 2 is 1.89 bits per heavy atom. The molecule has 2 N–H and O–H groups in total. The predicted octanol–water partition coefficient (Wildman–Crippen LogP) is 0.508. The summed E-state index contributed by atoms with van der Waals surface area (Å²) in [6.07, 6.45) is -1.31. The Kier molecular flexibility index (Phi) is 3.77. The summed E-state index contributed by atoms with van der Waals surface area (Å²) in [5.74, 6) is 0. The van der Waals surface area contributed by atoms with E-state index in [0.717, 1.165) is 0 Å². The monoisotopic (exact) mass is 273 g/mol. The minimum Gasteiger partial charge on any atom is -0.444 e. The van der Waals surface area contributed by atoms with E-state index < -0.39 is 29.4 Å². The molecule has 1 amide bonds. The van der Waals surface area contributed by atoms with E-state index in [2.05, 4.69) is 0 Å². The quantitative estimate of drug-likeness (QED) is 0.672. The highest BCUT2D eigenvalue weighted by Gasteiger charge is 2.56. The number of aliphatic hydroxyl groups is 2. The van der Waals surface area contributed by atoms with Gasteiger partial charge in [0.1, 0.15) is 11.7 Å². The van der Waals surface area contributed by atoms with Gasteiger partial charge in [-0.1, -0.05) is 0 Å². The summed E-state index contributed by atoms with van der Waals surface area (Å²) in [5, 5.41) is 20.1. The minimum absolute atomic E-state index is 0.107. The zero-order valence-electron chi connectivity index (χ0n) is 11.8. The average molecular weight is 273 g/mol. The first-order valence-corrected chi connectivity index (χ1v) is 6.71. The number of likely N-dealkylation sites (tertiary alicyclic amines) is 1. The van der Waals surface area contributed by atoms with Crippen molar-refractivity contribution < 1.29 is 24.5 Å². The van der Waals surface area contributed by atoms with Gasteiger partial charge in [-0.25, -0.2) is 4.79 Å². The van der Waals surface area contributed by atoms with E-state index in [-0.39, 0.29) is 6.54 Å². The van der Waals surface area contributed by atoms with Crippen LogP contribution in [-0.2, 0) is 9.47 Å². The van der Waals surface area contributed by atoms with Crippen molar-refractivity contribution in [2.24, 2.45) is 0 Å². The van der Waals surface area contributed by atoms with Crippen molar-refractivity contribution in [3.05, 3.63) is 0 Å². The molecule has 0 radical (unpaired) electrons. The maximum absolute atomic E-state index is 12.3. The third-order valence-electron chi connectivity index (χ3n) is 3.79. The lowest BCUT2D eigenvalue weighted by molar-refractivity contribution is -0.0738. The van der Waals surface area contributed by atoms with E-state index >= 15 is 0 Å². The summed E-state index contributed by atoms with van der Waals surface area (Å²) in [6.45, 7) is 6.45. The van der Waals surface area contributed by atoms with E-state index in [4.69, 9.17) is 9.47 Å². The Labute approximate surface area is 113 Å². The van der Waals surface area contributed by atoms with Crippen molar-refractivity contribution in [2.75, 3.05) is 19.8 Å². The lowest BCUT2D eigenvalue weighted by atomic mass is 9.84. The van der Waals surface area contributed by atoms with Crippen LogP contribution in [-0.4, -0.2) is 64.3 Å². The predicted molar refractivity (Wildman–Crippen MR) is 67.7 cm³/mol. The van der Waals surface area contributed by atoms with Crippen molar-refractivity contribution in [1.82, 2.24) is 4.90 Å². The van der Waals surface area contributed by atoms with Gasteiger partial charge in [0.25, 0.3) is 0 Å². The first-order chi connectivity index (χ1) is 8.76. The molecule has 0 aromatic rings. The first-order valence-electron chi connectivity index (χ1n) is 6.71. The molecule has 2 saturated heterocycles. The summed E-state index contributed by atoms with van der Waals surface area (Å²) in [5.41, 5.74) is -1.35. The molecular formula is C13H23NO5. The Morgan fingerprint density at radius 3 is 2.42 bits per heavy atom. The molecule has 0 saturated carbocycles. The summed E-state index contributed by atoms with van der Waals surface area (Å²) >= 11 is 0. The second-order valence-electron chi connectivity index (χ2n) is 6.32. The molecule has 2 atom stereocenters. The van der Waals surface area contributed by atoms with Crippen LogP contribution < -0.4 is 0 Å². The zero-order chi connectivity index (χ0) is 14.3. The molecule has 2 heterocycles. The van der Waals surface area contributed by atoms with Crippen molar-refractivity contribution >= 4 is 6.09 Å². The van der Waals surface area contributed by atoms with Crippen molar-refractivity contribution in [2.45, 2.75) is 57.0 Å². The Morgan fingerprint density at radius 1 is 1.32 bits per heavy atom. The molecule has 6 nitrogen and oxygen atoms in total. The lowest BCUT2D eigenvalue weighted by Gasteiger charge is -2.43. The van der Waals surface area contributed by atoms with Gasteiger partial charge in [-0.2, -0.15) is 0 Å². The SMILES string of the molecule is CC(C)(C)OC(=O)N1CC(O)C(O)C12CCOCC2. The highest BCUT2D eigenvalue weighted by atomic mass is 16.6. The molecule has 110 valence electrons. The second kappa shape index (κ2) is 4.92. The van der Waals surface area contributed by atoms with E-state index in [0.29, 0.717) is 26.1 Å². The minimum atomic E-state index is -0.941. The van der Waals surface area contributed by atoms with Crippen LogP contribution in [0.5, 0.6) is 0 Å². The highest BCUT2D eigenvalue weighted by molar-refractivity contribution is 5.70. The molecule has 1 spiro atoms. The van der Waals surface area contributed by atoms with Gasteiger partial charge in [-0.05, 0) is 33.6 Å². The van der Waals surface area contributed by atoms with Crippen molar-refractivity contribution in [3.8, 4) is 0 Å². The highest BCUT2D eigenvalue weighted by Crippen LogP contribution is 2.39. The van der Waals surface area contributed by atoms with E-state index in [1.54, 1.807) is 20.8 Å². The van der Waals surface area contributed by atoms with Crippen molar-refractivity contribution in [1.29, 1.82) is 0 Å². The maximum Gasteiger partial charge on any atom is 0.410 e. The number of aliphatic hydroxyl groups excluding tert-OH is 2. The number of nitrogens with zero attached hydrogens (tertiary/aromatic N) is 1. The third-order valence-corrected chi connectivity index (χ3v) is 3.79. The molecule has 2 unspecified atom stereocenters. The van der Waals surface area contributed by atoms with Crippen LogP contribution in [0.4, 0.5) is 4.79 Å². The Bertz CT molecular complexity index is 345. The molecule has 2 fully saturated rings. The second-order valence-corrected chi connectivity index (χ2v) is 6.32. The van der Waals surface area contributed by atoms with E-state index in [1.807, 2.05) is 0 Å². The number of hydrogen-bond acceptors (Lipinski definition) is 5. The largest absolute Gasteiger partial charge is 0.444 e. The number of amides is 1. The molecule has 0 bridgehead atoms. The van der Waals surface area contributed by atoms with Crippen LogP contribution in [0.25, 0.3) is 0 Å². The molecular weight excluding hydrogens is 250 g/mol. The topological polar surface area (TPSA) is 79.2 Å². The summed E-state index contributed by atoms with van der Waals surface area (Å²) < 4.78 is 10.7. The number of carbonyl (C=O) groups excluding carboxylic acids is 1. The molecule has 2 aliphatic heterocycles. The van der Waals surface area contributed by atoms with E-state index in [9.17, 15) is 15.0 Å². The molecule has 19 heavy (non-hydrogen) atoms. The summed E-state index contributed by atoms with van der Waals surface area (Å²) in [4.78, 5) is 13.7. The fourth-order valence-electron chi connectivity index (χ4n) is 2.85. The van der Waals surface area contributed by atoms with Crippen molar-refractivity contribution in [3.63, 3.8) is 0 Å². The number of hydrogen-bond donors (Lipinski definition) is 2. The number of β-amino-alcohol motifs (C(OH)–C–C–N with tert-alkyl or cyclic N) is 1. The summed E-state index contributed by atoms with van der Waals surface area (Å²) in [7, 11) is 0. The molecule has 0 aromatic heterocycles. The number of rotatable bonds is 0. The zero-order valence-corrected chi connectivity index (χ0v) is 11.8. The molecule has 0 aliphatic carbocycles. The molecule has 6 heteroatoms. The molecule has 2 rings (SSSR count). The maximum atomic E-state index is 12.3. The van der Waals surface area contributed by atoms with Crippen LogP contribution in [0.15, 0.2) is 0 Å². The van der Waals surface area contributed by atoms with Crippen LogP contribution in [0.2, 0.25) is 0 Å².